The third-order valence-corrected chi connectivity index (χ3v) is 6.68. The van der Waals surface area contributed by atoms with Gasteiger partial charge in [-0.05, 0) is 43.6 Å². The maximum atomic E-state index is 13.4. The highest BCUT2D eigenvalue weighted by Crippen LogP contribution is 2.42. The summed E-state index contributed by atoms with van der Waals surface area (Å²) in [6.45, 7) is 1.42. The van der Waals surface area contributed by atoms with Crippen LogP contribution in [-0.4, -0.2) is 24.8 Å². The average molecular weight is 481 g/mol. The lowest BCUT2D eigenvalue weighted by molar-refractivity contribution is -0.138. The predicted octanol–water partition coefficient (Wildman–Crippen LogP) is 4.74. The van der Waals surface area contributed by atoms with Gasteiger partial charge in [-0.15, -0.1) is 0 Å². The predicted molar refractivity (Wildman–Crippen MR) is 110 cm³/mol. The Kier molecular flexibility index (Phi) is 5.48. The molecule has 30 heavy (non-hydrogen) atoms. The lowest BCUT2D eigenvalue weighted by Gasteiger charge is -2.35. The van der Waals surface area contributed by atoms with Gasteiger partial charge in [0.1, 0.15) is 0 Å². The summed E-state index contributed by atoms with van der Waals surface area (Å²) in [7, 11) is 0. The molecule has 1 spiro atoms. The molecule has 0 bridgehead atoms. The number of fused-ring (bicyclic) bond motifs is 2. The molecular weight excluding hydrogens is 461 g/mol. The topological polar surface area (TPSA) is 58.2 Å². The van der Waals surface area contributed by atoms with Gasteiger partial charge in [0.25, 0.3) is 5.91 Å². The highest BCUT2D eigenvalue weighted by atomic mass is 79.9. The molecule has 4 rings (SSSR count). The maximum absolute atomic E-state index is 13.4. The van der Waals surface area contributed by atoms with E-state index in [1.165, 1.54) is 18.2 Å². The van der Waals surface area contributed by atoms with E-state index in [0.717, 1.165) is 6.07 Å². The summed E-state index contributed by atoms with van der Waals surface area (Å²) < 4.78 is 40.1. The number of halogens is 4. The Balaban J connectivity index is 1.67. The maximum Gasteiger partial charge on any atom is 0.416 e. The summed E-state index contributed by atoms with van der Waals surface area (Å²) in [4.78, 5) is 25.0. The lowest BCUT2D eigenvalue weighted by atomic mass is 9.78. The van der Waals surface area contributed by atoms with Gasteiger partial charge in [0.05, 0.1) is 11.1 Å². The first-order valence-electron chi connectivity index (χ1n) is 9.73. The molecule has 158 valence electrons. The number of carbonyl (C=O) groups excluding carboxylic acids is 2. The second-order valence-electron chi connectivity index (χ2n) is 7.69. The van der Waals surface area contributed by atoms with Gasteiger partial charge in [0, 0.05) is 27.9 Å². The number of nitrogens with one attached hydrogen (secondary N) is 2. The van der Waals surface area contributed by atoms with Gasteiger partial charge in [-0.25, -0.2) is 0 Å². The Morgan fingerprint density at radius 3 is 2.50 bits per heavy atom. The van der Waals surface area contributed by atoms with Crippen molar-refractivity contribution < 1.29 is 22.8 Å². The molecule has 2 N–H and O–H groups in total. The van der Waals surface area contributed by atoms with E-state index in [2.05, 4.69) is 26.6 Å². The molecule has 0 saturated carbocycles. The van der Waals surface area contributed by atoms with Gasteiger partial charge in [-0.3, -0.25) is 9.59 Å². The van der Waals surface area contributed by atoms with Crippen molar-refractivity contribution >= 4 is 27.6 Å². The van der Waals surface area contributed by atoms with Crippen LogP contribution in [0.3, 0.4) is 0 Å². The summed E-state index contributed by atoms with van der Waals surface area (Å²) in [5.41, 5.74) is 0.230. The minimum atomic E-state index is -4.50. The Morgan fingerprint density at radius 2 is 1.80 bits per heavy atom. The largest absolute Gasteiger partial charge is 0.416 e. The van der Waals surface area contributed by atoms with Gasteiger partial charge < -0.3 is 10.6 Å². The molecule has 8 heteroatoms. The Hall–Kier alpha value is -2.19. The number of alkyl halides is 4. The third-order valence-electron chi connectivity index (χ3n) is 5.87. The minimum absolute atomic E-state index is 0.0247. The van der Waals surface area contributed by atoms with E-state index in [1.807, 2.05) is 0 Å². The molecule has 1 fully saturated rings. The molecule has 4 nitrogen and oxygen atoms in total. The van der Waals surface area contributed by atoms with Crippen LogP contribution in [0.1, 0.15) is 61.5 Å². The van der Waals surface area contributed by atoms with Crippen molar-refractivity contribution in [2.75, 3.05) is 13.1 Å². The van der Waals surface area contributed by atoms with Crippen molar-refractivity contribution in [3.8, 4) is 0 Å². The fourth-order valence-electron chi connectivity index (χ4n) is 4.48. The van der Waals surface area contributed by atoms with Crippen LogP contribution < -0.4 is 10.6 Å². The molecular formula is C22H20BrF3N2O2. The molecule has 1 amide bonds. The molecule has 2 heterocycles. The molecule has 0 radical (unpaired) electrons. The van der Waals surface area contributed by atoms with E-state index >= 15 is 0 Å². The monoisotopic (exact) mass is 480 g/mol. The van der Waals surface area contributed by atoms with Crippen molar-refractivity contribution in [3.63, 3.8) is 0 Å². The Labute approximate surface area is 180 Å². The summed E-state index contributed by atoms with van der Waals surface area (Å²) in [5, 5.41) is 6.31. The van der Waals surface area contributed by atoms with Gasteiger partial charge in [0.15, 0.2) is 5.78 Å². The smallest absolute Gasteiger partial charge is 0.342 e. The van der Waals surface area contributed by atoms with Crippen LogP contribution in [-0.2, 0) is 11.7 Å². The number of hydrogen-bond acceptors (Lipinski definition) is 3. The first-order chi connectivity index (χ1) is 14.2. The number of piperidine rings is 1. The zero-order chi connectivity index (χ0) is 21.5. The van der Waals surface area contributed by atoms with Crippen molar-refractivity contribution in [1.82, 2.24) is 10.6 Å². The molecule has 1 saturated heterocycles. The third kappa shape index (κ3) is 3.67. The van der Waals surface area contributed by atoms with Gasteiger partial charge >= 0.3 is 6.18 Å². The normalized spacial score (nSPS) is 18.7. The zero-order valence-electron chi connectivity index (χ0n) is 16.0. The van der Waals surface area contributed by atoms with Crippen LogP contribution in [0.4, 0.5) is 13.2 Å². The SMILES string of the molecule is O=C(CC(Br)c1ccccc1C(F)(F)F)c1cccc2c1C1(CCNCC1)NC2=O. The molecule has 2 aromatic rings. The molecule has 1 unspecified atom stereocenters. The van der Waals surface area contributed by atoms with E-state index in [0.29, 0.717) is 42.6 Å². The fourth-order valence-corrected chi connectivity index (χ4v) is 5.17. The quantitative estimate of drug-likeness (QED) is 0.490. The molecule has 1 atom stereocenters. The number of Topliss-reactive ketones (excluding diaryl/α,β-unsaturated/α-hetero) is 1. The average Bonchev–Trinajstić information content (AvgIpc) is 2.99. The number of rotatable bonds is 4. The molecule has 0 aromatic heterocycles. The molecule has 2 aromatic carbocycles. The lowest BCUT2D eigenvalue weighted by Crippen LogP contribution is -2.48. The van der Waals surface area contributed by atoms with Crippen molar-refractivity contribution in [1.29, 1.82) is 0 Å². The first kappa shape index (κ1) is 21.1. The van der Waals surface area contributed by atoms with Crippen molar-refractivity contribution in [2.24, 2.45) is 0 Å². The van der Waals surface area contributed by atoms with Crippen LogP contribution in [0.2, 0.25) is 0 Å². The van der Waals surface area contributed by atoms with E-state index in [9.17, 15) is 22.8 Å². The second-order valence-corrected chi connectivity index (χ2v) is 8.80. The van der Waals surface area contributed by atoms with Crippen LogP contribution >= 0.6 is 15.9 Å². The highest BCUT2D eigenvalue weighted by molar-refractivity contribution is 9.09. The summed E-state index contributed by atoms with van der Waals surface area (Å²) in [5.74, 6) is -0.500. The number of hydrogen-bond donors (Lipinski definition) is 2. The van der Waals surface area contributed by atoms with Crippen LogP contribution in [0.5, 0.6) is 0 Å². The fraction of sp³-hybridized carbons (Fsp3) is 0.364. The standard InChI is InChI=1S/C22H20BrF3N2O2/c23-17(13-4-1-2-7-16(13)22(24,25)26)12-18(29)14-5-3-6-15-19(14)21(28-20(15)30)8-10-27-11-9-21/h1-7,17,27H,8-12H2,(H,28,30). The number of benzene rings is 2. The van der Waals surface area contributed by atoms with Crippen molar-refractivity contribution in [3.05, 3.63) is 70.3 Å². The number of ketones is 1. The Morgan fingerprint density at radius 1 is 1.10 bits per heavy atom. The summed E-state index contributed by atoms with van der Waals surface area (Å²) in [6, 6.07) is 10.3. The van der Waals surface area contributed by atoms with Gasteiger partial charge in [-0.2, -0.15) is 13.2 Å². The van der Waals surface area contributed by atoms with Crippen LogP contribution in [0.15, 0.2) is 42.5 Å². The molecule has 2 aliphatic heterocycles. The van der Waals surface area contributed by atoms with E-state index in [-0.39, 0.29) is 23.7 Å². The highest BCUT2D eigenvalue weighted by Gasteiger charge is 2.46. The van der Waals surface area contributed by atoms with E-state index in [1.54, 1.807) is 18.2 Å². The second kappa shape index (κ2) is 7.81. The van der Waals surface area contributed by atoms with E-state index in [4.69, 9.17) is 0 Å². The Bertz CT molecular complexity index is 1000. The van der Waals surface area contributed by atoms with Crippen LogP contribution in [0.25, 0.3) is 0 Å². The van der Waals surface area contributed by atoms with Crippen LogP contribution in [0, 0.1) is 0 Å². The van der Waals surface area contributed by atoms with Gasteiger partial charge in [-0.1, -0.05) is 46.3 Å². The summed E-state index contributed by atoms with van der Waals surface area (Å²) >= 11 is 3.29. The number of amides is 1. The first-order valence-corrected chi connectivity index (χ1v) is 10.6. The zero-order valence-corrected chi connectivity index (χ0v) is 17.6. The van der Waals surface area contributed by atoms with E-state index < -0.39 is 22.1 Å². The summed E-state index contributed by atoms with van der Waals surface area (Å²) in [6.07, 6.45) is -3.34. The molecule has 0 aliphatic carbocycles. The van der Waals surface area contributed by atoms with Gasteiger partial charge in [0.2, 0.25) is 0 Å². The number of carbonyl (C=O) groups is 2. The van der Waals surface area contributed by atoms with Crippen molar-refractivity contribution in [2.45, 2.75) is 35.8 Å². The molecule has 2 aliphatic rings. The minimum Gasteiger partial charge on any atom is -0.342 e.